The molecular weight excluding hydrogens is 285 g/mol. The third kappa shape index (κ3) is 5.77. The number of carboxylic acids is 1. The molecule has 1 aromatic heterocycles. The summed E-state index contributed by atoms with van der Waals surface area (Å²) in [5.74, 6) is -0.826. The molecule has 0 spiro atoms. The summed E-state index contributed by atoms with van der Waals surface area (Å²) >= 11 is 0. The van der Waals surface area contributed by atoms with Gasteiger partial charge in [0.2, 0.25) is 0 Å². The van der Waals surface area contributed by atoms with E-state index in [9.17, 15) is 9.90 Å². The van der Waals surface area contributed by atoms with Crippen molar-refractivity contribution in [2.45, 2.75) is 6.42 Å². The molecule has 2 rings (SSSR count). The fraction of sp³-hybridized carbons (Fsp3) is 0.538. The maximum absolute atomic E-state index is 10.9. The molecule has 0 atom stereocenters. The molecule has 6 nitrogen and oxygen atoms in total. The van der Waals surface area contributed by atoms with Crippen LogP contribution in [0.25, 0.3) is 0 Å². The van der Waals surface area contributed by atoms with Crippen molar-refractivity contribution in [3.8, 4) is 0 Å². The Morgan fingerprint density at radius 3 is 2.90 bits per heavy atom. The first kappa shape index (κ1) is 18.0. The standard InChI is InChI=1S/C13H19N3O3.K/c17-13(18)11-3-1-4-14-12(11)15-5-2-6-16-7-9-19-10-8-16;/h1,3-4H,2,5-10H2,(H,14,15)(H,17,18);/q;+1/p-1. The molecule has 7 heteroatoms. The molecule has 2 heterocycles. The molecule has 104 valence electrons. The monoisotopic (exact) mass is 303 g/mol. The molecule has 1 saturated heterocycles. The van der Waals surface area contributed by atoms with Crippen LogP contribution in [0.3, 0.4) is 0 Å². The number of rotatable bonds is 6. The molecule has 1 aromatic rings. The van der Waals surface area contributed by atoms with Crippen molar-refractivity contribution in [3.05, 3.63) is 23.9 Å². The number of hydrogen-bond acceptors (Lipinski definition) is 6. The molecule has 0 amide bonds. The second kappa shape index (κ2) is 9.83. The van der Waals surface area contributed by atoms with Crippen molar-refractivity contribution in [3.63, 3.8) is 0 Å². The van der Waals surface area contributed by atoms with Crippen LogP contribution in [0, 0.1) is 0 Å². The van der Waals surface area contributed by atoms with E-state index in [0.717, 1.165) is 39.3 Å². The van der Waals surface area contributed by atoms with Crippen LogP contribution in [0.5, 0.6) is 0 Å². The van der Waals surface area contributed by atoms with Gasteiger partial charge in [-0.3, -0.25) is 4.90 Å². The molecule has 20 heavy (non-hydrogen) atoms. The Labute approximate surface area is 161 Å². The van der Waals surface area contributed by atoms with Crippen LogP contribution < -0.4 is 61.8 Å². The van der Waals surface area contributed by atoms with Gasteiger partial charge in [-0.15, -0.1) is 0 Å². The first-order chi connectivity index (χ1) is 9.27. The second-order valence-electron chi connectivity index (χ2n) is 4.42. The normalized spacial score (nSPS) is 15.4. The molecule has 1 N–H and O–H groups in total. The number of ether oxygens (including phenoxy) is 1. The smallest absolute Gasteiger partial charge is 0.545 e. The van der Waals surface area contributed by atoms with Crippen LogP contribution in [0.2, 0.25) is 0 Å². The summed E-state index contributed by atoms with van der Waals surface area (Å²) in [6.45, 7) is 5.19. The van der Waals surface area contributed by atoms with E-state index >= 15 is 0 Å². The number of carbonyl (C=O) groups excluding carboxylic acids is 1. The number of morpholine rings is 1. The topological polar surface area (TPSA) is 77.5 Å². The van der Waals surface area contributed by atoms with Crippen molar-refractivity contribution in [1.82, 2.24) is 9.88 Å². The summed E-state index contributed by atoms with van der Waals surface area (Å²) in [7, 11) is 0. The SMILES string of the molecule is O=C([O-])c1cccnc1NCCCN1CCOCC1.[K+]. The van der Waals surface area contributed by atoms with E-state index in [1.807, 2.05) is 0 Å². The number of nitrogens with one attached hydrogen (secondary N) is 1. The molecule has 0 bridgehead atoms. The summed E-state index contributed by atoms with van der Waals surface area (Å²) in [4.78, 5) is 17.2. The molecule has 0 aromatic carbocycles. The molecule has 0 saturated carbocycles. The first-order valence-corrected chi connectivity index (χ1v) is 6.47. The van der Waals surface area contributed by atoms with E-state index in [1.54, 1.807) is 12.3 Å². The summed E-state index contributed by atoms with van der Waals surface area (Å²) in [6, 6.07) is 3.08. The fourth-order valence-corrected chi connectivity index (χ4v) is 2.05. The molecule has 1 aliphatic heterocycles. The Hall–Kier alpha value is -0.0236. The number of carboxylic acid groups (broad SMARTS) is 1. The average Bonchev–Trinajstić information content (AvgIpc) is 2.45. The van der Waals surface area contributed by atoms with E-state index in [1.165, 1.54) is 6.07 Å². The van der Waals surface area contributed by atoms with Crippen LogP contribution in [-0.4, -0.2) is 55.2 Å². The largest absolute Gasteiger partial charge is 1.00 e. The third-order valence-electron chi connectivity index (χ3n) is 3.07. The van der Waals surface area contributed by atoms with Gasteiger partial charge in [0.1, 0.15) is 5.82 Å². The Bertz CT molecular complexity index is 425. The quantitative estimate of drug-likeness (QED) is 0.436. The minimum absolute atomic E-state index is 0. The van der Waals surface area contributed by atoms with E-state index in [0.29, 0.717) is 12.4 Å². The first-order valence-electron chi connectivity index (χ1n) is 6.47. The van der Waals surface area contributed by atoms with Crippen molar-refractivity contribution < 1.29 is 66.0 Å². The third-order valence-corrected chi connectivity index (χ3v) is 3.07. The van der Waals surface area contributed by atoms with Gasteiger partial charge in [-0.1, -0.05) is 0 Å². The summed E-state index contributed by atoms with van der Waals surface area (Å²) in [6.07, 6.45) is 2.50. The fourth-order valence-electron chi connectivity index (χ4n) is 2.05. The van der Waals surface area contributed by atoms with E-state index in [4.69, 9.17) is 4.74 Å². The van der Waals surface area contributed by atoms with Crippen LogP contribution in [0.4, 0.5) is 5.82 Å². The van der Waals surface area contributed by atoms with Crippen molar-refractivity contribution >= 4 is 11.8 Å². The number of carbonyl (C=O) groups is 1. The van der Waals surface area contributed by atoms with Crippen molar-refractivity contribution in [1.29, 1.82) is 0 Å². The maximum Gasteiger partial charge on any atom is 1.00 e. The second-order valence-corrected chi connectivity index (χ2v) is 4.42. The van der Waals surface area contributed by atoms with Gasteiger partial charge in [0, 0.05) is 31.4 Å². The Morgan fingerprint density at radius 2 is 2.20 bits per heavy atom. The van der Waals surface area contributed by atoms with Crippen LogP contribution in [0.1, 0.15) is 16.8 Å². The minimum atomic E-state index is -1.20. The van der Waals surface area contributed by atoms with Gasteiger partial charge in [0.05, 0.1) is 19.2 Å². The Kier molecular flexibility index (Phi) is 8.86. The summed E-state index contributed by atoms with van der Waals surface area (Å²) in [5, 5.41) is 13.9. The Morgan fingerprint density at radius 1 is 1.45 bits per heavy atom. The van der Waals surface area contributed by atoms with Crippen molar-refractivity contribution in [2.24, 2.45) is 0 Å². The zero-order chi connectivity index (χ0) is 13.5. The maximum atomic E-state index is 10.9. The number of anilines is 1. The van der Waals surface area contributed by atoms with Crippen LogP contribution >= 0.6 is 0 Å². The minimum Gasteiger partial charge on any atom is -0.545 e. The van der Waals surface area contributed by atoms with Gasteiger partial charge in [-0.2, -0.15) is 0 Å². The zero-order valence-electron chi connectivity index (χ0n) is 11.8. The Balaban J connectivity index is 0.00000200. The van der Waals surface area contributed by atoms with Gasteiger partial charge in [0.15, 0.2) is 0 Å². The number of hydrogen-bond donors (Lipinski definition) is 1. The molecule has 0 aliphatic carbocycles. The predicted octanol–water partition coefficient (Wildman–Crippen LogP) is -3.42. The zero-order valence-corrected chi connectivity index (χ0v) is 14.9. The predicted molar refractivity (Wildman–Crippen MR) is 68.9 cm³/mol. The van der Waals surface area contributed by atoms with Gasteiger partial charge in [-0.05, 0) is 25.1 Å². The number of aromatic nitrogens is 1. The number of aromatic carboxylic acids is 1. The van der Waals surface area contributed by atoms with Gasteiger partial charge < -0.3 is 20.0 Å². The molecule has 0 radical (unpaired) electrons. The van der Waals surface area contributed by atoms with Crippen LogP contribution in [-0.2, 0) is 4.74 Å². The van der Waals surface area contributed by atoms with Gasteiger partial charge in [-0.25, -0.2) is 4.98 Å². The van der Waals surface area contributed by atoms with E-state index < -0.39 is 5.97 Å². The molecule has 0 unspecified atom stereocenters. The molecular formula is C13H18KN3O3. The van der Waals surface area contributed by atoms with Gasteiger partial charge in [0.25, 0.3) is 0 Å². The van der Waals surface area contributed by atoms with E-state index in [2.05, 4.69) is 15.2 Å². The summed E-state index contributed by atoms with van der Waals surface area (Å²) in [5.41, 5.74) is 0.105. The summed E-state index contributed by atoms with van der Waals surface area (Å²) < 4.78 is 5.28. The van der Waals surface area contributed by atoms with Crippen molar-refractivity contribution in [2.75, 3.05) is 44.7 Å². The molecule has 1 fully saturated rings. The average molecular weight is 303 g/mol. The molecule has 1 aliphatic rings. The number of nitrogens with zero attached hydrogens (tertiary/aromatic N) is 2. The van der Waals surface area contributed by atoms with Crippen LogP contribution in [0.15, 0.2) is 18.3 Å². The van der Waals surface area contributed by atoms with E-state index in [-0.39, 0.29) is 56.9 Å². The van der Waals surface area contributed by atoms with Gasteiger partial charge >= 0.3 is 51.4 Å². The number of pyridine rings is 1.